The predicted octanol–water partition coefficient (Wildman–Crippen LogP) is 7.87. The fraction of sp³-hybridized carbons (Fsp3) is 0.344. The van der Waals surface area contributed by atoms with Gasteiger partial charge in [0.05, 0.1) is 36.8 Å². The van der Waals surface area contributed by atoms with E-state index in [1.54, 1.807) is 18.3 Å². The molecule has 4 aromatic rings. The van der Waals surface area contributed by atoms with E-state index in [0.29, 0.717) is 54.9 Å². The van der Waals surface area contributed by atoms with Gasteiger partial charge in [0.25, 0.3) is 0 Å². The molecule has 0 aliphatic carbocycles. The molecule has 234 valence electrons. The summed E-state index contributed by atoms with van der Waals surface area (Å²) in [5.41, 5.74) is -0.128. The Kier molecular flexibility index (Phi) is 8.55. The number of aromatic nitrogens is 1. The van der Waals surface area contributed by atoms with Crippen molar-refractivity contribution < 1.29 is 54.2 Å². The molecule has 0 saturated heterocycles. The quantitative estimate of drug-likeness (QED) is 0.108. The summed E-state index contributed by atoms with van der Waals surface area (Å²) in [6.45, 7) is 6.09. The third-order valence-electron chi connectivity index (χ3n) is 7.56. The van der Waals surface area contributed by atoms with Crippen molar-refractivity contribution in [1.29, 1.82) is 0 Å². The van der Waals surface area contributed by atoms with Crippen molar-refractivity contribution in [2.75, 3.05) is 20.3 Å². The number of fused-ring (bicyclic) bond motifs is 4. The number of ether oxygens (including phenoxy) is 4. The molecule has 1 aromatic heterocycles. The van der Waals surface area contributed by atoms with Gasteiger partial charge in [-0.25, -0.2) is 17.6 Å². The van der Waals surface area contributed by atoms with E-state index in [4.69, 9.17) is 18.9 Å². The monoisotopic (exact) mass is 624 g/mol. The number of aryl methyl sites for hydroxylation is 3. The minimum atomic E-state index is -5.65. The average Bonchev–Trinajstić information content (AvgIpc) is 2.98. The van der Waals surface area contributed by atoms with Crippen LogP contribution >= 0.6 is 0 Å². The molecule has 0 N–H and O–H groups in total. The van der Waals surface area contributed by atoms with Crippen LogP contribution in [0.25, 0.3) is 22.0 Å². The van der Waals surface area contributed by atoms with Crippen LogP contribution in [-0.2, 0) is 32.2 Å². The number of alkyl halides is 3. The molecule has 12 heteroatoms. The molecule has 5 nitrogen and oxygen atoms in total. The first-order valence-electron chi connectivity index (χ1n) is 14.0. The minimum absolute atomic E-state index is 0.00186. The molecular formula is C32H29F7NO4+. The summed E-state index contributed by atoms with van der Waals surface area (Å²) in [4.78, 5) is 0. The summed E-state index contributed by atoms with van der Waals surface area (Å²) in [5, 5.41) is 1.18. The van der Waals surface area contributed by atoms with E-state index in [1.807, 2.05) is 37.5 Å². The van der Waals surface area contributed by atoms with E-state index in [9.17, 15) is 30.7 Å². The van der Waals surface area contributed by atoms with Gasteiger partial charge in [-0.15, -0.1) is 0 Å². The lowest BCUT2D eigenvalue weighted by molar-refractivity contribution is -0.686. The Bertz CT molecular complexity index is 1730. The number of hydrogen-bond acceptors (Lipinski definition) is 4. The summed E-state index contributed by atoms with van der Waals surface area (Å²) < 4.78 is 122. The highest BCUT2D eigenvalue weighted by atomic mass is 19.4. The maximum absolute atomic E-state index is 14.7. The Hall–Kier alpha value is -4.22. The van der Waals surface area contributed by atoms with Crippen LogP contribution in [0, 0.1) is 23.3 Å². The second-order valence-electron chi connectivity index (χ2n) is 10.0. The Morgan fingerprint density at radius 1 is 0.773 bits per heavy atom. The molecule has 0 radical (unpaired) electrons. The summed E-state index contributed by atoms with van der Waals surface area (Å²) in [6, 6.07) is 7.29. The molecule has 3 aromatic carbocycles. The Morgan fingerprint density at radius 2 is 1.41 bits per heavy atom. The molecule has 2 heterocycles. The van der Waals surface area contributed by atoms with Crippen LogP contribution in [-0.4, -0.2) is 20.3 Å². The number of rotatable bonds is 9. The molecule has 44 heavy (non-hydrogen) atoms. The maximum Gasteiger partial charge on any atom is 0.422 e. The third-order valence-corrected chi connectivity index (χ3v) is 7.56. The van der Waals surface area contributed by atoms with E-state index >= 15 is 0 Å². The molecule has 5 rings (SSSR count). The van der Waals surface area contributed by atoms with Gasteiger partial charge in [-0.1, -0.05) is 6.92 Å². The van der Waals surface area contributed by atoms with Crippen molar-refractivity contribution in [3.8, 4) is 34.3 Å². The lowest BCUT2D eigenvalue weighted by atomic mass is 9.90. The van der Waals surface area contributed by atoms with Gasteiger partial charge in [-0.2, -0.15) is 17.7 Å². The van der Waals surface area contributed by atoms with Gasteiger partial charge in [0.15, 0.2) is 59.0 Å². The van der Waals surface area contributed by atoms with Crippen LogP contribution in [0.3, 0.4) is 0 Å². The average molecular weight is 625 g/mol. The Balaban J connectivity index is 1.65. The fourth-order valence-corrected chi connectivity index (χ4v) is 5.66. The smallest absolute Gasteiger partial charge is 0.422 e. The summed E-state index contributed by atoms with van der Waals surface area (Å²) >= 11 is 0. The van der Waals surface area contributed by atoms with Crippen molar-refractivity contribution >= 4 is 10.8 Å². The standard InChI is InChI=1S/C32H29F7NO4/c1-5-17-18-8-9-22(41-4)31(44-15-21-26(33)28(35)25(32(37,38)39)29(36)27(21)34)20(18)14-40-11-10-16-12-23(42-6-2)24(43-7-3)13-19(16)30(17)40/h8-9,12-14H,5-7,10-11,15H2,1-4H3/q+1. The topological polar surface area (TPSA) is 40.8 Å². The zero-order valence-corrected chi connectivity index (χ0v) is 24.4. The van der Waals surface area contributed by atoms with E-state index in [1.165, 1.54) is 7.11 Å². The highest BCUT2D eigenvalue weighted by molar-refractivity contribution is 5.95. The van der Waals surface area contributed by atoms with Crippen molar-refractivity contribution in [3.63, 3.8) is 0 Å². The molecule has 1 aliphatic heterocycles. The van der Waals surface area contributed by atoms with Gasteiger partial charge >= 0.3 is 6.18 Å². The molecule has 0 atom stereocenters. The van der Waals surface area contributed by atoms with Gasteiger partial charge in [-0.3, -0.25) is 0 Å². The normalized spacial score (nSPS) is 12.6. The van der Waals surface area contributed by atoms with Crippen molar-refractivity contribution in [2.45, 2.75) is 52.9 Å². The van der Waals surface area contributed by atoms with Crippen LogP contribution in [0.15, 0.2) is 30.5 Å². The van der Waals surface area contributed by atoms with Crippen molar-refractivity contribution in [2.24, 2.45) is 0 Å². The Morgan fingerprint density at radius 3 is 1.98 bits per heavy atom. The first-order chi connectivity index (χ1) is 21.0. The van der Waals surface area contributed by atoms with Crippen LogP contribution in [0.2, 0.25) is 0 Å². The first kappa shape index (κ1) is 31.2. The molecule has 1 aliphatic rings. The number of nitrogens with zero attached hydrogens (tertiary/aromatic N) is 1. The largest absolute Gasteiger partial charge is 0.493 e. The summed E-state index contributed by atoms with van der Waals surface area (Å²) in [6.07, 6.45) is -2.65. The molecule has 0 unspecified atom stereocenters. The number of benzene rings is 3. The van der Waals surface area contributed by atoms with E-state index in [0.717, 1.165) is 22.4 Å². The summed E-state index contributed by atoms with van der Waals surface area (Å²) in [7, 11) is 1.33. The Labute approximate surface area is 248 Å². The molecule has 0 fully saturated rings. The lowest BCUT2D eigenvalue weighted by Crippen LogP contribution is -2.41. The second-order valence-corrected chi connectivity index (χ2v) is 10.0. The second kappa shape index (κ2) is 12.0. The van der Waals surface area contributed by atoms with Crippen molar-refractivity contribution in [3.05, 3.63) is 76.0 Å². The third kappa shape index (κ3) is 5.24. The number of hydrogen-bond donors (Lipinski definition) is 0. The van der Waals surface area contributed by atoms with Gasteiger partial charge in [0, 0.05) is 17.4 Å². The van der Waals surface area contributed by atoms with Crippen LogP contribution in [0.1, 0.15) is 43.0 Å². The van der Waals surface area contributed by atoms with E-state index < -0.39 is 47.2 Å². The van der Waals surface area contributed by atoms with Crippen LogP contribution in [0.4, 0.5) is 30.7 Å². The van der Waals surface area contributed by atoms with Crippen LogP contribution in [0.5, 0.6) is 23.0 Å². The van der Waals surface area contributed by atoms with Crippen molar-refractivity contribution in [1.82, 2.24) is 0 Å². The van der Waals surface area contributed by atoms with Gasteiger partial charge in [0.2, 0.25) is 5.69 Å². The molecule has 0 saturated carbocycles. The lowest BCUT2D eigenvalue weighted by Gasteiger charge is -2.22. The minimum Gasteiger partial charge on any atom is -0.493 e. The maximum atomic E-state index is 14.7. The van der Waals surface area contributed by atoms with Gasteiger partial charge < -0.3 is 18.9 Å². The molecule has 0 spiro atoms. The molecule has 0 bridgehead atoms. The predicted molar refractivity (Wildman–Crippen MR) is 147 cm³/mol. The zero-order chi connectivity index (χ0) is 31.9. The van der Waals surface area contributed by atoms with Gasteiger partial charge in [-0.05, 0) is 50.1 Å². The van der Waals surface area contributed by atoms with Crippen LogP contribution < -0.4 is 23.5 Å². The number of methoxy groups -OCH3 is 1. The van der Waals surface area contributed by atoms with E-state index in [2.05, 4.69) is 0 Å². The highest BCUT2D eigenvalue weighted by Crippen LogP contribution is 2.44. The molecular weight excluding hydrogens is 595 g/mol. The first-order valence-corrected chi connectivity index (χ1v) is 14.0. The molecule has 0 amide bonds. The number of pyridine rings is 1. The zero-order valence-electron chi connectivity index (χ0n) is 24.4. The summed E-state index contributed by atoms with van der Waals surface area (Å²) in [5.74, 6) is -8.08. The number of halogens is 7. The van der Waals surface area contributed by atoms with Gasteiger partial charge in [0.1, 0.15) is 12.2 Å². The fourth-order valence-electron chi connectivity index (χ4n) is 5.66. The van der Waals surface area contributed by atoms with E-state index in [-0.39, 0.29) is 11.5 Å². The SMILES string of the molecule is CCOc1cc2c(cc1OCC)-c1c(CC)c3ccc(OC)c(OCc4c(F)c(F)c(C(F)(F)F)c(F)c4F)c3c[n+]1CC2. The highest BCUT2D eigenvalue weighted by Gasteiger charge is 2.42.